The lowest BCUT2D eigenvalue weighted by Crippen LogP contribution is -2.61. The molecular weight excluding hydrogens is 520 g/mol. The molecule has 0 saturated carbocycles. The van der Waals surface area contributed by atoms with Crippen LogP contribution in [-0.2, 0) is 19.3 Å². The lowest BCUT2D eigenvalue weighted by atomic mass is 9.99. The second kappa shape index (κ2) is 10.1. The molecule has 37 heavy (non-hydrogen) atoms. The van der Waals surface area contributed by atoms with E-state index in [2.05, 4.69) is 4.18 Å². The number of rotatable bonds is 7. The molecule has 1 fully saturated rings. The fraction of sp³-hybridized carbons (Fsp3) is 0.318. The van der Waals surface area contributed by atoms with Crippen molar-refractivity contribution in [2.75, 3.05) is 13.7 Å². The number of hydrogen-bond donors (Lipinski definition) is 6. The number of aliphatic hydroxyl groups is 3. The summed E-state index contributed by atoms with van der Waals surface area (Å²) in [4.78, 5) is 12.9. The lowest BCUT2D eigenvalue weighted by molar-refractivity contribution is -0.271. The number of phenolic OH excluding ortho intramolecular Hbond substituents is 2. The van der Waals surface area contributed by atoms with Crippen LogP contribution < -0.4 is 14.9 Å². The number of aromatic hydroxyl groups is 2. The molecule has 0 amide bonds. The zero-order valence-electron chi connectivity index (χ0n) is 18.9. The summed E-state index contributed by atoms with van der Waals surface area (Å²) in [5.41, 5.74) is -0.839. The fourth-order valence-corrected chi connectivity index (χ4v) is 4.29. The van der Waals surface area contributed by atoms with Gasteiger partial charge in [-0.2, -0.15) is 8.42 Å². The Labute approximate surface area is 208 Å². The minimum Gasteiger partial charge on any atom is -0.507 e. The zero-order chi connectivity index (χ0) is 27.1. The molecule has 14 nitrogen and oxygen atoms in total. The summed E-state index contributed by atoms with van der Waals surface area (Å²) in [7, 11) is -3.76. The highest BCUT2D eigenvalue weighted by Crippen LogP contribution is 2.42. The van der Waals surface area contributed by atoms with Crippen LogP contribution in [0.15, 0.2) is 45.6 Å². The number of benzene rings is 2. The summed E-state index contributed by atoms with van der Waals surface area (Å²) in [5.74, 6) is -1.61. The molecule has 0 aliphatic carbocycles. The molecule has 2 aromatic carbocycles. The van der Waals surface area contributed by atoms with Crippen molar-refractivity contribution >= 4 is 21.4 Å². The van der Waals surface area contributed by atoms with Crippen LogP contribution in [0.25, 0.3) is 22.3 Å². The highest BCUT2D eigenvalue weighted by Gasteiger charge is 2.49. The first kappa shape index (κ1) is 26.6. The maximum atomic E-state index is 12.9. The number of aliphatic hydroxyl groups excluding tert-OH is 3. The van der Waals surface area contributed by atoms with Crippen LogP contribution in [-0.4, -0.2) is 82.9 Å². The molecule has 200 valence electrons. The predicted octanol–water partition coefficient (Wildman–Crippen LogP) is -0.114. The van der Waals surface area contributed by atoms with Crippen molar-refractivity contribution < 1.29 is 61.3 Å². The Hall–Kier alpha value is -3.44. The molecule has 1 aliphatic heterocycles. The van der Waals surface area contributed by atoms with Gasteiger partial charge in [0.2, 0.25) is 12.0 Å². The molecule has 5 atom stereocenters. The average molecular weight is 542 g/mol. The van der Waals surface area contributed by atoms with Crippen LogP contribution in [0, 0.1) is 0 Å². The molecule has 0 unspecified atom stereocenters. The number of phenols is 2. The first-order valence-electron chi connectivity index (χ1n) is 10.6. The number of hydrogen-bond acceptors (Lipinski definition) is 13. The third kappa shape index (κ3) is 5.33. The molecule has 1 aliphatic rings. The van der Waals surface area contributed by atoms with Gasteiger partial charge in [-0.15, -0.1) is 0 Å². The summed E-state index contributed by atoms with van der Waals surface area (Å²) in [6, 6.07) is 8.13. The normalized spacial score (nSPS) is 24.2. The molecule has 4 rings (SSSR count). The zero-order valence-corrected chi connectivity index (χ0v) is 19.7. The maximum Gasteiger partial charge on any atom is 0.397 e. The molecule has 6 N–H and O–H groups in total. The molecule has 0 radical (unpaired) electrons. The monoisotopic (exact) mass is 542 g/mol. The van der Waals surface area contributed by atoms with E-state index >= 15 is 0 Å². The van der Waals surface area contributed by atoms with Crippen molar-refractivity contribution in [2.24, 2.45) is 0 Å². The first-order valence-corrected chi connectivity index (χ1v) is 11.9. The minimum absolute atomic E-state index is 0.0195. The van der Waals surface area contributed by atoms with Crippen molar-refractivity contribution in [1.29, 1.82) is 0 Å². The van der Waals surface area contributed by atoms with Gasteiger partial charge in [0.1, 0.15) is 41.0 Å². The Bertz CT molecular complexity index is 1450. The van der Waals surface area contributed by atoms with Gasteiger partial charge in [0.15, 0.2) is 22.9 Å². The third-order valence-corrected chi connectivity index (χ3v) is 6.05. The summed E-state index contributed by atoms with van der Waals surface area (Å²) in [6.45, 7) is -0.851. The molecule has 0 bridgehead atoms. The van der Waals surface area contributed by atoms with E-state index < -0.39 is 81.4 Å². The van der Waals surface area contributed by atoms with Crippen LogP contribution in [0.5, 0.6) is 23.0 Å². The van der Waals surface area contributed by atoms with Crippen LogP contribution in [0.1, 0.15) is 0 Å². The van der Waals surface area contributed by atoms with E-state index in [1.807, 2.05) is 0 Å². The van der Waals surface area contributed by atoms with Crippen molar-refractivity contribution in [3.63, 3.8) is 0 Å². The van der Waals surface area contributed by atoms with Crippen molar-refractivity contribution in [3.8, 4) is 34.3 Å². The van der Waals surface area contributed by atoms with E-state index in [-0.39, 0.29) is 5.76 Å². The van der Waals surface area contributed by atoms with Gasteiger partial charge < -0.3 is 44.2 Å². The van der Waals surface area contributed by atoms with E-state index in [4.69, 9.17) is 23.2 Å². The lowest BCUT2D eigenvalue weighted by Gasteiger charge is -2.40. The SMILES string of the molecule is COc1ccc(-c2cc(=O)c3c(O)cc(O)c(O[C@@H]4O[C@H](CO)[C@@H](O)[C@H](O)[C@H]4OS(=O)(=O)O)c3o2)cc1. The van der Waals surface area contributed by atoms with Crippen molar-refractivity contribution in [2.45, 2.75) is 30.7 Å². The Morgan fingerprint density at radius 3 is 2.30 bits per heavy atom. The van der Waals surface area contributed by atoms with Gasteiger partial charge in [-0.3, -0.25) is 9.35 Å². The summed E-state index contributed by atoms with van der Waals surface area (Å²) < 4.78 is 57.9. The Morgan fingerprint density at radius 1 is 1.03 bits per heavy atom. The van der Waals surface area contributed by atoms with E-state index in [9.17, 15) is 38.7 Å². The molecule has 1 saturated heterocycles. The largest absolute Gasteiger partial charge is 0.507 e. The van der Waals surface area contributed by atoms with Gasteiger partial charge in [-0.25, -0.2) is 4.18 Å². The molecular formula is C22H22O14S. The smallest absolute Gasteiger partial charge is 0.397 e. The second-order valence-corrected chi connectivity index (χ2v) is 9.01. The number of ether oxygens (including phenoxy) is 3. The Kier molecular flexibility index (Phi) is 7.29. The van der Waals surface area contributed by atoms with E-state index in [0.717, 1.165) is 12.1 Å². The van der Waals surface area contributed by atoms with Crippen molar-refractivity contribution in [3.05, 3.63) is 46.6 Å². The first-order chi connectivity index (χ1) is 17.4. The Balaban J connectivity index is 1.85. The van der Waals surface area contributed by atoms with Gasteiger partial charge in [0.05, 0.1) is 13.7 Å². The topological polar surface area (TPSA) is 223 Å². The summed E-state index contributed by atoms with van der Waals surface area (Å²) >= 11 is 0. The van der Waals surface area contributed by atoms with E-state index in [1.165, 1.54) is 7.11 Å². The maximum absolute atomic E-state index is 12.9. The quantitative estimate of drug-likeness (QED) is 0.214. The molecule has 0 spiro atoms. The number of fused-ring (bicyclic) bond motifs is 1. The molecule has 2 heterocycles. The highest BCUT2D eigenvalue weighted by molar-refractivity contribution is 7.80. The van der Waals surface area contributed by atoms with Gasteiger partial charge in [-0.05, 0) is 24.3 Å². The third-order valence-electron chi connectivity index (χ3n) is 5.58. The van der Waals surface area contributed by atoms with Gasteiger partial charge in [0, 0.05) is 17.7 Å². The van der Waals surface area contributed by atoms with Crippen LogP contribution >= 0.6 is 0 Å². The highest BCUT2D eigenvalue weighted by atomic mass is 32.3. The molecule has 1 aromatic heterocycles. The van der Waals surface area contributed by atoms with Gasteiger partial charge in [0.25, 0.3) is 0 Å². The standard InChI is InChI=1S/C22H22O14S/c1-32-10-4-2-9(3-5-10)14-7-12(25)16-11(24)6-13(26)19(20(16)33-14)35-22-21(36-37(29,30)31)18(28)17(27)15(8-23)34-22/h2-7,15,17-18,21-24,26-28H,8H2,1H3,(H,29,30,31)/t15-,17-,18+,21-,22+/m1/s1. The van der Waals surface area contributed by atoms with Crippen LogP contribution in [0.3, 0.4) is 0 Å². The average Bonchev–Trinajstić information content (AvgIpc) is 2.84. The second-order valence-electron chi connectivity index (χ2n) is 7.96. The number of methoxy groups -OCH3 is 1. The fourth-order valence-electron chi connectivity index (χ4n) is 3.80. The van der Waals surface area contributed by atoms with Crippen LogP contribution in [0.4, 0.5) is 0 Å². The minimum atomic E-state index is -5.22. The summed E-state index contributed by atoms with van der Waals surface area (Å²) in [5, 5.41) is 50.3. The Morgan fingerprint density at radius 2 is 1.70 bits per heavy atom. The van der Waals surface area contributed by atoms with Crippen LogP contribution in [0.2, 0.25) is 0 Å². The predicted molar refractivity (Wildman–Crippen MR) is 123 cm³/mol. The van der Waals surface area contributed by atoms with Gasteiger partial charge >= 0.3 is 10.4 Å². The molecule has 3 aromatic rings. The van der Waals surface area contributed by atoms with E-state index in [0.29, 0.717) is 11.3 Å². The van der Waals surface area contributed by atoms with E-state index in [1.54, 1.807) is 24.3 Å². The van der Waals surface area contributed by atoms with Crippen molar-refractivity contribution in [1.82, 2.24) is 0 Å². The molecule has 15 heteroatoms. The summed E-state index contributed by atoms with van der Waals surface area (Å²) in [6.07, 6.45) is -9.53. The van der Waals surface area contributed by atoms with Gasteiger partial charge in [-0.1, -0.05) is 0 Å².